The second kappa shape index (κ2) is 6.00. The highest BCUT2D eigenvalue weighted by atomic mass is 16.4. The first-order valence-corrected chi connectivity index (χ1v) is 7.52. The molecule has 2 heterocycles. The summed E-state index contributed by atoms with van der Waals surface area (Å²) in [6, 6.07) is 4.10. The standard InChI is InChI=1S/C16H25NO3/c1-4-8-16(15(18)19)9-5-10-17(11-16)13(3)14-7-6-12(2)20-14/h6-7,13H,4-5,8-11H2,1-3H3,(H,18,19). The minimum Gasteiger partial charge on any atom is -0.481 e. The Labute approximate surface area is 120 Å². The normalized spacial score (nSPS) is 25.6. The van der Waals surface area contributed by atoms with Gasteiger partial charge < -0.3 is 9.52 Å². The van der Waals surface area contributed by atoms with Crippen LogP contribution < -0.4 is 0 Å². The fourth-order valence-electron chi connectivity index (χ4n) is 3.32. The molecule has 1 saturated heterocycles. The Bertz CT molecular complexity index is 464. The third kappa shape index (κ3) is 2.90. The Morgan fingerprint density at radius 3 is 2.85 bits per heavy atom. The van der Waals surface area contributed by atoms with Crippen LogP contribution in [0.1, 0.15) is 57.1 Å². The van der Waals surface area contributed by atoms with Crippen molar-refractivity contribution in [3.05, 3.63) is 23.7 Å². The highest BCUT2D eigenvalue weighted by molar-refractivity contribution is 5.75. The molecule has 0 aromatic carbocycles. The van der Waals surface area contributed by atoms with E-state index < -0.39 is 11.4 Å². The van der Waals surface area contributed by atoms with Crippen LogP contribution in [0.5, 0.6) is 0 Å². The quantitative estimate of drug-likeness (QED) is 0.894. The molecular weight excluding hydrogens is 254 g/mol. The van der Waals surface area contributed by atoms with Crippen molar-refractivity contribution in [3.63, 3.8) is 0 Å². The summed E-state index contributed by atoms with van der Waals surface area (Å²) in [5.41, 5.74) is -0.580. The molecule has 0 bridgehead atoms. The summed E-state index contributed by atoms with van der Waals surface area (Å²) in [5.74, 6) is 1.19. The lowest BCUT2D eigenvalue weighted by Crippen LogP contribution is -2.48. The van der Waals surface area contributed by atoms with Crippen molar-refractivity contribution in [2.24, 2.45) is 5.41 Å². The smallest absolute Gasteiger partial charge is 0.310 e. The molecule has 20 heavy (non-hydrogen) atoms. The molecule has 4 heteroatoms. The Kier molecular flexibility index (Phi) is 4.53. The molecule has 1 aliphatic rings. The van der Waals surface area contributed by atoms with Crippen LogP contribution in [0.25, 0.3) is 0 Å². The molecule has 1 aliphatic heterocycles. The van der Waals surface area contributed by atoms with E-state index in [4.69, 9.17) is 4.42 Å². The maximum Gasteiger partial charge on any atom is 0.310 e. The molecule has 0 saturated carbocycles. The molecule has 1 aromatic rings. The second-order valence-corrected chi connectivity index (χ2v) is 6.03. The van der Waals surface area contributed by atoms with Crippen LogP contribution in [0.2, 0.25) is 0 Å². The molecule has 1 N–H and O–H groups in total. The van der Waals surface area contributed by atoms with Gasteiger partial charge in [-0.1, -0.05) is 13.3 Å². The van der Waals surface area contributed by atoms with E-state index in [-0.39, 0.29) is 6.04 Å². The van der Waals surface area contributed by atoms with Gasteiger partial charge in [-0.3, -0.25) is 9.69 Å². The third-order valence-electron chi connectivity index (χ3n) is 4.51. The van der Waals surface area contributed by atoms with Gasteiger partial charge in [0.2, 0.25) is 0 Å². The van der Waals surface area contributed by atoms with Crippen LogP contribution in [-0.4, -0.2) is 29.1 Å². The number of furan rings is 1. The first-order chi connectivity index (χ1) is 9.48. The Morgan fingerprint density at radius 2 is 2.30 bits per heavy atom. The summed E-state index contributed by atoms with van der Waals surface area (Å²) in [6.45, 7) is 7.66. The number of likely N-dealkylation sites (tertiary alicyclic amines) is 1. The molecular formula is C16H25NO3. The molecule has 2 unspecified atom stereocenters. The number of nitrogens with zero attached hydrogens (tertiary/aromatic N) is 1. The van der Waals surface area contributed by atoms with Gasteiger partial charge in [0.15, 0.2) is 0 Å². The van der Waals surface area contributed by atoms with Crippen LogP contribution >= 0.6 is 0 Å². The lowest BCUT2D eigenvalue weighted by molar-refractivity contribution is -0.154. The van der Waals surface area contributed by atoms with Gasteiger partial charge in [-0.25, -0.2) is 0 Å². The predicted molar refractivity (Wildman–Crippen MR) is 77.6 cm³/mol. The number of carboxylic acids is 1. The van der Waals surface area contributed by atoms with Gasteiger partial charge in [0.05, 0.1) is 11.5 Å². The maximum atomic E-state index is 11.7. The number of hydrogen-bond acceptors (Lipinski definition) is 3. The molecule has 4 nitrogen and oxygen atoms in total. The van der Waals surface area contributed by atoms with Crippen molar-refractivity contribution < 1.29 is 14.3 Å². The van der Waals surface area contributed by atoms with E-state index in [1.165, 1.54) is 0 Å². The van der Waals surface area contributed by atoms with Crippen molar-refractivity contribution in [1.29, 1.82) is 0 Å². The Balaban J connectivity index is 2.15. The van der Waals surface area contributed by atoms with Gasteiger partial charge in [0, 0.05) is 6.54 Å². The largest absolute Gasteiger partial charge is 0.481 e. The zero-order valence-corrected chi connectivity index (χ0v) is 12.7. The first-order valence-electron chi connectivity index (χ1n) is 7.52. The lowest BCUT2D eigenvalue weighted by atomic mass is 9.76. The summed E-state index contributed by atoms with van der Waals surface area (Å²) < 4.78 is 5.70. The minimum atomic E-state index is -0.646. The molecule has 0 spiro atoms. The molecule has 2 rings (SSSR count). The van der Waals surface area contributed by atoms with E-state index in [0.717, 1.165) is 43.7 Å². The molecule has 0 radical (unpaired) electrons. The summed E-state index contributed by atoms with van der Waals surface area (Å²) in [6.07, 6.45) is 3.39. The van der Waals surface area contributed by atoms with Crippen LogP contribution in [0.3, 0.4) is 0 Å². The third-order valence-corrected chi connectivity index (χ3v) is 4.51. The average molecular weight is 279 g/mol. The summed E-state index contributed by atoms with van der Waals surface area (Å²) >= 11 is 0. The molecule has 1 fully saturated rings. The van der Waals surface area contributed by atoms with Crippen LogP contribution in [0.15, 0.2) is 16.5 Å². The Hall–Kier alpha value is -1.29. The topological polar surface area (TPSA) is 53.7 Å². The van der Waals surface area contributed by atoms with Gasteiger partial charge in [0.25, 0.3) is 0 Å². The molecule has 2 atom stereocenters. The second-order valence-electron chi connectivity index (χ2n) is 6.03. The zero-order valence-electron chi connectivity index (χ0n) is 12.7. The number of aliphatic carboxylic acids is 1. The fraction of sp³-hybridized carbons (Fsp3) is 0.688. The van der Waals surface area contributed by atoms with E-state index in [1.54, 1.807) is 0 Å². The Morgan fingerprint density at radius 1 is 1.55 bits per heavy atom. The molecule has 1 aromatic heterocycles. The number of carbonyl (C=O) groups is 1. The number of aryl methyl sites for hydroxylation is 1. The van der Waals surface area contributed by atoms with E-state index in [9.17, 15) is 9.90 Å². The summed E-state index contributed by atoms with van der Waals surface area (Å²) in [5, 5.41) is 9.64. The first kappa shape index (κ1) is 15.1. The lowest BCUT2D eigenvalue weighted by Gasteiger charge is -2.42. The van der Waals surface area contributed by atoms with Crippen molar-refractivity contribution in [1.82, 2.24) is 4.90 Å². The van der Waals surface area contributed by atoms with E-state index in [2.05, 4.69) is 18.7 Å². The summed E-state index contributed by atoms with van der Waals surface area (Å²) in [4.78, 5) is 14.0. The van der Waals surface area contributed by atoms with E-state index in [1.807, 2.05) is 19.1 Å². The highest BCUT2D eigenvalue weighted by Gasteiger charge is 2.42. The maximum absolute atomic E-state index is 11.7. The van der Waals surface area contributed by atoms with Crippen LogP contribution in [-0.2, 0) is 4.79 Å². The van der Waals surface area contributed by atoms with Gasteiger partial charge in [-0.15, -0.1) is 0 Å². The van der Waals surface area contributed by atoms with E-state index >= 15 is 0 Å². The number of carboxylic acid groups (broad SMARTS) is 1. The molecule has 0 amide bonds. The number of rotatable bonds is 5. The van der Waals surface area contributed by atoms with Crippen molar-refractivity contribution in [2.45, 2.75) is 52.5 Å². The molecule has 112 valence electrons. The average Bonchev–Trinajstić information content (AvgIpc) is 2.85. The fourth-order valence-corrected chi connectivity index (χ4v) is 3.32. The van der Waals surface area contributed by atoms with Gasteiger partial charge >= 0.3 is 5.97 Å². The molecule has 0 aliphatic carbocycles. The summed E-state index contributed by atoms with van der Waals surface area (Å²) in [7, 11) is 0. The van der Waals surface area contributed by atoms with Crippen molar-refractivity contribution in [3.8, 4) is 0 Å². The van der Waals surface area contributed by atoms with Crippen molar-refractivity contribution >= 4 is 5.97 Å². The SMILES string of the molecule is CCCC1(C(=O)O)CCCN(C(C)c2ccc(C)o2)C1. The van der Waals surface area contributed by atoms with Gasteiger partial charge in [-0.2, -0.15) is 0 Å². The minimum absolute atomic E-state index is 0.139. The van der Waals surface area contributed by atoms with Gasteiger partial charge in [-0.05, 0) is 51.8 Å². The van der Waals surface area contributed by atoms with Crippen LogP contribution in [0, 0.1) is 12.3 Å². The van der Waals surface area contributed by atoms with Gasteiger partial charge in [0.1, 0.15) is 11.5 Å². The number of piperidine rings is 1. The number of hydrogen-bond donors (Lipinski definition) is 1. The monoisotopic (exact) mass is 279 g/mol. The predicted octanol–water partition coefficient (Wildman–Crippen LogP) is 3.62. The van der Waals surface area contributed by atoms with Crippen molar-refractivity contribution in [2.75, 3.05) is 13.1 Å². The zero-order chi connectivity index (χ0) is 14.8. The highest BCUT2D eigenvalue weighted by Crippen LogP contribution is 2.38. The van der Waals surface area contributed by atoms with Crippen LogP contribution in [0.4, 0.5) is 0 Å². The van der Waals surface area contributed by atoms with E-state index in [0.29, 0.717) is 6.54 Å².